The van der Waals surface area contributed by atoms with E-state index in [1.165, 1.54) is 49.7 Å². The number of nitrogens with one attached hydrogen (secondary N) is 1. The average molecular weight is 268 g/mol. The standard InChI is InChI=1S/C16H26ClN/c1-2-3-4-5-6-7-11-18-14-16-10-8-9-15(12-16)13-17/h8-10,12,18H,2-7,11,13-14H2,1H3. The molecule has 1 N–H and O–H groups in total. The van der Waals surface area contributed by atoms with Gasteiger partial charge in [0.2, 0.25) is 0 Å². The van der Waals surface area contributed by atoms with Crippen molar-refractivity contribution in [3.8, 4) is 0 Å². The van der Waals surface area contributed by atoms with Gasteiger partial charge in [0, 0.05) is 12.4 Å². The van der Waals surface area contributed by atoms with Crippen molar-refractivity contribution in [3.05, 3.63) is 35.4 Å². The summed E-state index contributed by atoms with van der Waals surface area (Å²) < 4.78 is 0. The van der Waals surface area contributed by atoms with Gasteiger partial charge in [-0.25, -0.2) is 0 Å². The molecule has 0 heterocycles. The molecule has 1 aromatic carbocycles. The Balaban J connectivity index is 2.03. The zero-order valence-corrected chi connectivity index (χ0v) is 12.3. The van der Waals surface area contributed by atoms with E-state index in [2.05, 4.69) is 36.5 Å². The van der Waals surface area contributed by atoms with E-state index in [0.29, 0.717) is 5.88 Å². The minimum absolute atomic E-state index is 0.602. The molecule has 18 heavy (non-hydrogen) atoms. The first-order chi connectivity index (χ1) is 8.86. The molecular formula is C16H26ClN. The molecule has 102 valence electrons. The molecule has 0 aliphatic carbocycles. The molecule has 0 aliphatic rings. The highest BCUT2D eigenvalue weighted by Gasteiger charge is 1.95. The number of hydrogen-bond acceptors (Lipinski definition) is 1. The summed E-state index contributed by atoms with van der Waals surface area (Å²) in [5.74, 6) is 0.602. The molecule has 0 fully saturated rings. The third-order valence-electron chi connectivity index (χ3n) is 3.18. The van der Waals surface area contributed by atoms with Crippen LogP contribution in [-0.2, 0) is 12.4 Å². The van der Waals surface area contributed by atoms with Crippen molar-refractivity contribution < 1.29 is 0 Å². The van der Waals surface area contributed by atoms with E-state index in [9.17, 15) is 0 Å². The molecule has 0 aromatic heterocycles. The minimum atomic E-state index is 0.602. The molecule has 0 atom stereocenters. The van der Waals surface area contributed by atoms with Gasteiger partial charge in [0.1, 0.15) is 0 Å². The van der Waals surface area contributed by atoms with Gasteiger partial charge in [-0.05, 0) is 24.1 Å². The highest BCUT2D eigenvalue weighted by atomic mass is 35.5. The van der Waals surface area contributed by atoms with Gasteiger partial charge in [-0.3, -0.25) is 0 Å². The van der Waals surface area contributed by atoms with Crippen LogP contribution in [0.4, 0.5) is 0 Å². The van der Waals surface area contributed by atoms with Crippen LogP contribution in [0.2, 0.25) is 0 Å². The smallest absolute Gasteiger partial charge is 0.0474 e. The zero-order chi connectivity index (χ0) is 13.1. The minimum Gasteiger partial charge on any atom is -0.313 e. The van der Waals surface area contributed by atoms with Crippen LogP contribution in [0.1, 0.15) is 56.6 Å². The van der Waals surface area contributed by atoms with Crippen molar-refractivity contribution in [2.45, 2.75) is 57.9 Å². The van der Waals surface area contributed by atoms with Crippen molar-refractivity contribution >= 4 is 11.6 Å². The maximum atomic E-state index is 5.82. The van der Waals surface area contributed by atoms with E-state index in [1.807, 2.05) is 0 Å². The average Bonchev–Trinajstić information content (AvgIpc) is 2.42. The van der Waals surface area contributed by atoms with E-state index >= 15 is 0 Å². The van der Waals surface area contributed by atoms with Crippen molar-refractivity contribution in [1.82, 2.24) is 5.32 Å². The summed E-state index contributed by atoms with van der Waals surface area (Å²) in [6.45, 7) is 4.34. The van der Waals surface area contributed by atoms with Crippen LogP contribution in [0.3, 0.4) is 0 Å². The largest absolute Gasteiger partial charge is 0.313 e. The van der Waals surface area contributed by atoms with E-state index < -0.39 is 0 Å². The number of unbranched alkanes of at least 4 members (excludes halogenated alkanes) is 5. The van der Waals surface area contributed by atoms with Gasteiger partial charge in [-0.15, -0.1) is 11.6 Å². The number of alkyl halides is 1. The number of halogens is 1. The highest BCUT2D eigenvalue weighted by molar-refractivity contribution is 6.17. The molecule has 0 aliphatic heterocycles. The molecule has 0 saturated carbocycles. The molecule has 2 heteroatoms. The van der Waals surface area contributed by atoms with Crippen LogP contribution in [0.5, 0.6) is 0 Å². The van der Waals surface area contributed by atoms with E-state index in [0.717, 1.165) is 13.1 Å². The van der Waals surface area contributed by atoms with E-state index in [4.69, 9.17) is 11.6 Å². The second kappa shape index (κ2) is 10.4. The second-order valence-corrected chi connectivity index (χ2v) is 5.17. The lowest BCUT2D eigenvalue weighted by molar-refractivity contribution is 0.572. The SMILES string of the molecule is CCCCCCCCNCc1cccc(CCl)c1. The van der Waals surface area contributed by atoms with Gasteiger partial charge in [0.15, 0.2) is 0 Å². The van der Waals surface area contributed by atoms with Crippen LogP contribution < -0.4 is 5.32 Å². The molecule has 1 aromatic rings. The molecule has 1 rings (SSSR count). The summed E-state index contributed by atoms with van der Waals surface area (Å²) in [7, 11) is 0. The Hall–Kier alpha value is -0.530. The lowest BCUT2D eigenvalue weighted by atomic mass is 10.1. The lowest BCUT2D eigenvalue weighted by Crippen LogP contribution is -2.14. The summed E-state index contributed by atoms with van der Waals surface area (Å²) in [4.78, 5) is 0. The Morgan fingerprint density at radius 1 is 1.00 bits per heavy atom. The summed E-state index contributed by atoms with van der Waals surface area (Å²) in [6, 6.07) is 8.50. The van der Waals surface area contributed by atoms with Gasteiger partial charge in [-0.1, -0.05) is 63.3 Å². The monoisotopic (exact) mass is 267 g/mol. The Morgan fingerprint density at radius 2 is 1.72 bits per heavy atom. The first kappa shape index (κ1) is 15.5. The third kappa shape index (κ3) is 7.03. The predicted octanol–water partition coefficient (Wildman–Crippen LogP) is 4.88. The fourth-order valence-corrected chi connectivity index (χ4v) is 2.25. The third-order valence-corrected chi connectivity index (χ3v) is 3.49. The van der Waals surface area contributed by atoms with Crippen molar-refractivity contribution in [3.63, 3.8) is 0 Å². The first-order valence-electron chi connectivity index (χ1n) is 7.21. The predicted molar refractivity (Wildman–Crippen MR) is 81.1 cm³/mol. The van der Waals surface area contributed by atoms with Crippen molar-refractivity contribution in [1.29, 1.82) is 0 Å². The molecule has 0 radical (unpaired) electrons. The Morgan fingerprint density at radius 3 is 2.50 bits per heavy atom. The molecular weight excluding hydrogens is 242 g/mol. The fraction of sp³-hybridized carbons (Fsp3) is 0.625. The van der Waals surface area contributed by atoms with Crippen LogP contribution in [0.15, 0.2) is 24.3 Å². The van der Waals surface area contributed by atoms with Crippen LogP contribution in [-0.4, -0.2) is 6.54 Å². The second-order valence-electron chi connectivity index (χ2n) is 4.90. The molecule has 1 nitrogen and oxygen atoms in total. The van der Waals surface area contributed by atoms with Crippen molar-refractivity contribution in [2.24, 2.45) is 0 Å². The van der Waals surface area contributed by atoms with E-state index in [-0.39, 0.29) is 0 Å². The molecule has 0 amide bonds. The Labute approximate surface area is 117 Å². The molecule has 0 saturated heterocycles. The quantitative estimate of drug-likeness (QED) is 0.471. The zero-order valence-electron chi connectivity index (χ0n) is 11.6. The number of rotatable bonds is 10. The topological polar surface area (TPSA) is 12.0 Å². The van der Waals surface area contributed by atoms with Gasteiger partial charge in [0.25, 0.3) is 0 Å². The Kier molecular flexibility index (Phi) is 8.97. The molecule has 0 spiro atoms. The van der Waals surface area contributed by atoms with E-state index in [1.54, 1.807) is 0 Å². The maximum absolute atomic E-state index is 5.82. The molecule has 0 bridgehead atoms. The van der Waals surface area contributed by atoms with Gasteiger partial charge in [0.05, 0.1) is 0 Å². The van der Waals surface area contributed by atoms with Crippen molar-refractivity contribution in [2.75, 3.05) is 6.54 Å². The van der Waals surface area contributed by atoms with Crippen LogP contribution in [0.25, 0.3) is 0 Å². The van der Waals surface area contributed by atoms with Crippen LogP contribution >= 0.6 is 11.6 Å². The summed E-state index contributed by atoms with van der Waals surface area (Å²) >= 11 is 5.82. The summed E-state index contributed by atoms with van der Waals surface area (Å²) in [6.07, 6.45) is 8.15. The van der Waals surface area contributed by atoms with Crippen LogP contribution in [0, 0.1) is 0 Å². The normalized spacial score (nSPS) is 10.8. The Bertz CT molecular complexity index is 312. The molecule has 0 unspecified atom stereocenters. The van der Waals surface area contributed by atoms with Gasteiger partial charge >= 0.3 is 0 Å². The number of hydrogen-bond donors (Lipinski definition) is 1. The summed E-state index contributed by atoms with van der Waals surface area (Å²) in [5, 5.41) is 3.50. The first-order valence-corrected chi connectivity index (χ1v) is 7.74. The van der Waals surface area contributed by atoms with Gasteiger partial charge in [-0.2, -0.15) is 0 Å². The number of benzene rings is 1. The highest BCUT2D eigenvalue weighted by Crippen LogP contribution is 2.08. The van der Waals surface area contributed by atoms with Gasteiger partial charge < -0.3 is 5.32 Å². The summed E-state index contributed by atoms with van der Waals surface area (Å²) in [5.41, 5.74) is 2.54. The lowest BCUT2D eigenvalue weighted by Gasteiger charge is -2.06. The maximum Gasteiger partial charge on any atom is 0.0474 e. The fourth-order valence-electron chi connectivity index (χ4n) is 2.09.